The van der Waals surface area contributed by atoms with Crippen LogP contribution in [0.3, 0.4) is 0 Å². The normalized spacial score (nSPS) is 11.9. The molecule has 0 fully saturated rings. The number of hydrogen-bond donors (Lipinski definition) is 1. The summed E-state index contributed by atoms with van der Waals surface area (Å²) in [4.78, 5) is 0. The van der Waals surface area contributed by atoms with E-state index in [4.69, 9.17) is 0 Å². The smallest absolute Gasteiger partial charge is 0.194 e. The highest BCUT2D eigenvalue weighted by atomic mass is 19.2. The summed E-state index contributed by atoms with van der Waals surface area (Å²) >= 11 is 0. The van der Waals surface area contributed by atoms with Gasteiger partial charge in [0.1, 0.15) is 0 Å². The molecule has 0 bridgehead atoms. The third-order valence-electron chi connectivity index (χ3n) is 1.87. The molecule has 0 aliphatic heterocycles. The van der Waals surface area contributed by atoms with Gasteiger partial charge in [-0.25, -0.2) is 13.2 Å². The fourth-order valence-corrected chi connectivity index (χ4v) is 1.08. The lowest BCUT2D eigenvalue weighted by Gasteiger charge is -2.20. The third-order valence-corrected chi connectivity index (χ3v) is 1.87. The molecule has 84 valence electrons. The molecule has 1 aromatic carbocycles. The Bertz CT molecular complexity index is 332. The van der Waals surface area contributed by atoms with Crippen LogP contribution in [0.1, 0.15) is 26.3 Å². The van der Waals surface area contributed by atoms with Crippen molar-refractivity contribution in [2.75, 3.05) is 0 Å². The van der Waals surface area contributed by atoms with E-state index in [2.05, 4.69) is 5.32 Å². The van der Waals surface area contributed by atoms with E-state index in [1.807, 2.05) is 20.8 Å². The molecule has 0 aromatic heterocycles. The van der Waals surface area contributed by atoms with Crippen LogP contribution in [0.25, 0.3) is 0 Å². The van der Waals surface area contributed by atoms with E-state index >= 15 is 0 Å². The van der Waals surface area contributed by atoms with Gasteiger partial charge in [-0.15, -0.1) is 0 Å². The van der Waals surface area contributed by atoms with Gasteiger partial charge in [0.25, 0.3) is 0 Å². The number of hydrogen-bond acceptors (Lipinski definition) is 1. The number of rotatable bonds is 2. The minimum absolute atomic E-state index is 0.151. The molecule has 0 saturated heterocycles. The minimum Gasteiger partial charge on any atom is -0.308 e. The average molecular weight is 217 g/mol. The first kappa shape index (κ1) is 12.0. The molecule has 1 rings (SSSR count). The maximum absolute atomic E-state index is 12.8. The van der Waals surface area contributed by atoms with Crippen LogP contribution < -0.4 is 5.32 Å². The van der Waals surface area contributed by atoms with Crippen LogP contribution in [0.5, 0.6) is 0 Å². The van der Waals surface area contributed by atoms with Gasteiger partial charge in [-0.1, -0.05) is 0 Å². The van der Waals surface area contributed by atoms with Crippen LogP contribution in [0, 0.1) is 17.5 Å². The predicted molar refractivity (Wildman–Crippen MR) is 52.9 cm³/mol. The summed E-state index contributed by atoms with van der Waals surface area (Å²) in [6.07, 6.45) is 0. The van der Waals surface area contributed by atoms with Gasteiger partial charge in [0.05, 0.1) is 0 Å². The maximum atomic E-state index is 12.8. The van der Waals surface area contributed by atoms with Crippen LogP contribution >= 0.6 is 0 Å². The van der Waals surface area contributed by atoms with Crippen LogP contribution in [0.2, 0.25) is 0 Å². The molecule has 1 aromatic rings. The summed E-state index contributed by atoms with van der Waals surface area (Å²) in [6.45, 7) is 6.10. The third kappa shape index (κ3) is 3.55. The molecule has 15 heavy (non-hydrogen) atoms. The number of nitrogens with one attached hydrogen (secondary N) is 1. The summed E-state index contributed by atoms with van der Waals surface area (Å²) in [7, 11) is 0. The minimum atomic E-state index is -1.42. The van der Waals surface area contributed by atoms with Crippen molar-refractivity contribution in [2.45, 2.75) is 32.9 Å². The fourth-order valence-electron chi connectivity index (χ4n) is 1.08. The summed E-state index contributed by atoms with van der Waals surface area (Å²) < 4.78 is 38.2. The molecule has 0 aliphatic rings. The van der Waals surface area contributed by atoms with Gasteiger partial charge < -0.3 is 5.32 Å². The van der Waals surface area contributed by atoms with Gasteiger partial charge in [-0.2, -0.15) is 0 Å². The van der Waals surface area contributed by atoms with Crippen molar-refractivity contribution < 1.29 is 13.2 Å². The molecule has 0 heterocycles. The first-order chi connectivity index (χ1) is 6.79. The molecular formula is C11H14F3N. The monoisotopic (exact) mass is 217 g/mol. The second kappa shape index (κ2) is 4.23. The van der Waals surface area contributed by atoms with Crippen LogP contribution in [-0.2, 0) is 6.54 Å². The summed E-state index contributed by atoms with van der Waals surface area (Å²) in [6, 6.07) is 1.99. The van der Waals surface area contributed by atoms with Crippen molar-refractivity contribution in [2.24, 2.45) is 0 Å². The summed E-state index contributed by atoms with van der Waals surface area (Å²) in [5.41, 5.74) is 0.239. The van der Waals surface area contributed by atoms with E-state index in [0.29, 0.717) is 12.1 Å². The highest BCUT2D eigenvalue weighted by Crippen LogP contribution is 2.14. The van der Waals surface area contributed by atoms with E-state index in [1.165, 1.54) is 0 Å². The van der Waals surface area contributed by atoms with E-state index in [1.54, 1.807) is 0 Å². The molecule has 0 atom stereocenters. The van der Waals surface area contributed by atoms with Gasteiger partial charge in [0.2, 0.25) is 0 Å². The Hall–Kier alpha value is -1.03. The predicted octanol–water partition coefficient (Wildman–Crippen LogP) is 2.99. The Morgan fingerprint density at radius 2 is 1.53 bits per heavy atom. The quantitative estimate of drug-likeness (QED) is 0.751. The van der Waals surface area contributed by atoms with Gasteiger partial charge in [0.15, 0.2) is 17.5 Å². The molecule has 1 nitrogen and oxygen atoms in total. The molecule has 0 radical (unpaired) electrons. The van der Waals surface area contributed by atoms with Gasteiger partial charge >= 0.3 is 0 Å². The maximum Gasteiger partial charge on any atom is 0.194 e. The van der Waals surface area contributed by atoms with Crippen molar-refractivity contribution >= 4 is 0 Å². The SMILES string of the molecule is CC(C)(C)NCc1cc(F)c(F)c(F)c1. The summed E-state index contributed by atoms with van der Waals surface area (Å²) in [5.74, 6) is -3.73. The van der Waals surface area contributed by atoms with Crippen molar-refractivity contribution in [3.63, 3.8) is 0 Å². The molecule has 0 spiro atoms. The van der Waals surface area contributed by atoms with Gasteiger partial charge in [-0.05, 0) is 38.5 Å². The van der Waals surface area contributed by atoms with E-state index in [-0.39, 0.29) is 5.54 Å². The molecule has 1 N–H and O–H groups in total. The molecule has 0 saturated carbocycles. The van der Waals surface area contributed by atoms with Crippen molar-refractivity contribution in [1.82, 2.24) is 5.32 Å². The van der Waals surface area contributed by atoms with Crippen molar-refractivity contribution in [1.29, 1.82) is 0 Å². The lowest BCUT2D eigenvalue weighted by atomic mass is 10.1. The van der Waals surface area contributed by atoms with Crippen molar-refractivity contribution in [3.05, 3.63) is 35.1 Å². The molecule has 4 heteroatoms. The van der Waals surface area contributed by atoms with E-state index in [0.717, 1.165) is 12.1 Å². The first-order valence-corrected chi connectivity index (χ1v) is 4.68. The molecule has 0 unspecified atom stereocenters. The zero-order valence-electron chi connectivity index (χ0n) is 9.00. The Morgan fingerprint density at radius 3 is 1.93 bits per heavy atom. The highest BCUT2D eigenvalue weighted by Gasteiger charge is 2.12. The Labute approximate surface area is 87.3 Å². The fraction of sp³-hybridized carbons (Fsp3) is 0.455. The first-order valence-electron chi connectivity index (χ1n) is 4.68. The second-order valence-corrected chi connectivity index (χ2v) is 4.48. The Kier molecular flexibility index (Phi) is 3.39. The standard InChI is InChI=1S/C11H14F3N/c1-11(2,3)15-6-7-4-8(12)10(14)9(13)5-7/h4-5,15H,6H2,1-3H3. The topological polar surface area (TPSA) is 12.0 Å². The van der Waals surface area contributed by atoms with E-state index < -0.39 is 17.5 Å². The Morgan fingerprint density at radius 1 is 1.07 bits per heavy atom. The Balaban J connectivity index is 2.80. The van der Waals surface area contributed by atoms with Gasteiger partial charge in [0, 0.05) is 12.1 Å². The zero-order valence-corrected chi connectivity index (χ0v) is 9.00. The lowest BCUT2D eigenvalue weighted by molar-refractivity contribution is 0.416. The average Bonchev–Trinajstić information content (AvgIpc) is 2.09. The molecule has 0 amide bonds. The zero-order chi connectivity index (χ0) is 11.6. The summed E-state index contributed by atoms with van der Waals surface area (Å²) in [5, 5.41) is 3.06. The largest absolute Gasteiger partial charge is 0.308 e. The van der Waals surface area contributed by atoms with Crippen LogP contribution in [0.4, 0.5) is 13.2 Å². The lowest BCUT2D eigenvalue weighted by Crippen LogP contribution is -2.35. The number of halogens is 3. The van der Waals surface area contributed by atoms with E-state index in [9.17, 15) is 13.2 Å². The van der Waals surface area contributed by atoms with Crippen molar-refractivity contribution in [3.8, 4) is 0 Å². The van der Waals surface area contributed by atoms with Crippen LogP contribution in [-0.4, -0.2) is 5.54 Å². The molecular weight excluding hydrogens is 203 g/mol. The van der Waals surface area contributed by atoms with Gasteiger partial charge in [-0.3, -0.25) is 0 Å². The number of benzene rings is 1. The molecule has 0 aliphatic carbocycles. The van der Waals surface area contributed by atoms with Crippen LogP contribution in [0.15, 0.2) is 12.1 Å². The second-order valence-electron chi connectivity index (χ2n) is 4.48. The highest BCUT2D eigenvalue weighted by molar-refractivity contribution is 5.19.